The minimum absolute atomic E-state index is 0.0229. The first-order chi connectivity index (χ1) is 9.03. The lowest BCUT2D eigenvalue weighted by molar-refractivity contribution is 0.407. The third-order valence-corrected chi connectivity index (χ3v) is 4.76. The molecule has 1 aliphatic rings. The predicted molar refractivity (Wildman–Crippen MR) is 72.2 cm³/mol. The van der Waals surface area contributed by atoms with Crippen LogP contribution in [0.1, 0.15) is 18.9 Å². The molecule has 0 amide bonds. The SMILES string of the molecule is CCNCc1cn[nH]c1S(=O)(=O)NC1CCN(C)C1. The number of nitrogens with one attached hydrogen (secondary N) is 3. The molecule has 1 aliphatic heterocycles. The molecule has 1 aromatic heterocycles. The zero-order valence-electron chi connectivity index (χ0n) is 11.3. The van der Waals surface area contributed by atoms with Gasteiger partial charge in [-0.3, -0.25) is 5.10 Å². The van der Waals surface area contributed by atoms with Crippen LogP contribution in [0.3, 0.4) is 0 Å². The topological polar surface area (TPSA) is 90.1 Å². The number of hydrogen-bond donors (Lipinski definition) is 3. The van der Waals surface area contributed by atoms with E-state index in [4.69, 9.17) is 0 Å². The van der Waals surface area contributed by atoms with Crippen molar-refractivity contribution in [2.75, 3.05) is 26.7 Å². The van der Waals surface area contributed by atoms with Crippen molar-refractivity contribution < 1.29 is 8.42 Å². The van der Waals surface area contributed by atoms with Crippen molar-refractivity contribution in [3.8, 4) is 0 Å². The summed E-state index contributed by atoms with van der Waals surface area (Å²) in [7, 11) is -1.53. The molecule has 0 aliphatic carbocycles. The Morgan fingerprint density at radius 3 is 3.00 bits per heavy atom. The lowest BCUT2D eigenvalue weighted by Crippen LogP contribution is -2.37. The first kappa shape index (κ1) is 14.4. The number of sulfonamides is 1. The van der Waals surface area contributed by atoms with Crippen LogP contribution in [0.4, 0.5) is 0 Å². The number of H-pyrrole nitrogens is 1. The fourth-order valence-corrected chi connectivity index (χ4v) is 3.62. The van der Waals surface area contributed by atoms with E-state index in [0.717, 1.165) is 26.1 Å². The number of aromatic nitrogens is 2. The highest BCUT2D eigenvalue weighted by atomic mass is 32.2. The summed E-state index contributed by atoms with van der Waals surface area (Å²) in [5.74, 6) is 0. The van der Waals surface area contributed by atoms with Crippen molar-refractivity contribution in [3.63, 3.8) is 0 Å². The maximum absolute atomic E-state index is 12.3. The Hall–Kier alpha value is -0.960. The molecule has 2 heterocycles. The molecule has 3 N–H and O–H groups in total. The summed E-state index contributed by atoms with van der Waals surface area (Å²) < 4.78 is 27.4. The van der Waals surface area contributed by atoms with E-state index >= 15 is 0 Å². The molecule has 1 saturated heterocycles. The molecule has 19 heavy (non-hydrogen) atoms. The summed E-state index contributed by atoms with van der Waals surface area (Å²) in [4.78, 5) is 2.11. The quantitative estimate of drug-likeness (QED) is 0.656. The summed E-state index contributed by atoms with van der Waals surface area (Å²) in [6.07, 6.45) is 2.39. The van der Waals surface area contributed by atoms with E-state index in [2.05, 4.69) is 25.1 Å². The van der Waals surface area contributed by atoms with E-state index in [1.807, 2.05) is 14.0 Å². The number of rotatable bonds is 6. The third-order valence-electron chi connectivity index (χ3n) is 3.23. The number of aromatic amines is 1. The maximum Gasteiger partial charge on any atom is 0.258 e. The molecule has 108 valence electrons. The molecule has 0 aromatic carbocycles. The van der Waals surface area contributed by atoms with E-state index in [-0.39, 0.29) is 11.1 Å². The van der Waals surface area contributed by atoms with Crippen molar-refractivity contribution in [1.82, 2.24) is 25.1 Å². The minimum Gasteiger partial charge on any atom is -0.313 e. The van der Waals surface area contributed by atoms with Crippen molar-refractivity contribution in [2.45, 2.75) is 31.0 Å². The first-order valence-corrected chi connectivity index (χ1v) is 7.95. The van der Waals surface area contributed by atoms with Gasteiger partial charge in [-0.15, -0.1) is 0 Å². The van der Waals surface area contributed by atoms with Crippen LogP contribution in [0.5, 0.6) is 0 Å². The van der Waals surface area contributed by atoms with Gasteiger partial charge in [0.2, 0.25) is 0 Å². The van der Waals surface area contributed by atoms with Gasteiger partial charge in [-0.25, -0.2) is 13.1 Å². The Kier molecular flexibility index (Phi) is 4.56. The molecule has 1 fully saturated rings. The second-order valence-corrected chi connectivity index (χ2v) is 6.52. The van der Waals surface area contributed by atoms with Crippen molar-refractivity contribution >= 4 is 10.0 Å². The molecule has 1 unspecified atom stereocenters. The fraction of sp³-hybridized carbons (Fsp3) is 0.727. The van der Waals surface area contributed by atoms with Crippen LogP contribution in [0.2, 0.25) is 0 Å². The van der Waals surface area contributed by atoms with E-state index in [1.54, 1.807) is 6.20 Å². The summed E-state index contributed by atoms with van der Waals surface area (Å²) in [6.45, 7) is 4.91. The largest absolute Gasteiger partial charge is 0.313 e. The van der Waals surface area contributed by atoms with Gasteiger partial charge in [-0.1, -0.05) is 6.92 Å². The van der Waals surface area contributed by atoms with Gasteiger partial charge in [-0.05, 0) is 26.6 Å². The zero-order valence-corrected chi connectivity index (χ0v) is 12.1. The van der Waals surface area contributed by atoms with Gasteiger partial charge in [0.25, 0.3) is 10.0 Å². The summed E-state index contributed by atoms with van der Waals surface area (Å²) in [5.41, 5.74) is 0.667. The van der Waals surface area contributed by atoms with Gasteiger partial charge in [0.05, 0.1) is 6.20 Å². The van der Waals surface area contributed by atoms with Crippen LogP contribution in [-0.4, -0.2) is 56.2 Å². The number of hydrogen-bond acceptors (Lipinski definition) is 5. The lowest BCUT2D eigenvalue weighted by Gasteiger charge is -2.13. The van der Waals surface area contributed by atoms with Gasteiger partial charge >= 0.3 is 0 Å². The Morgan fingerprint density at radius 1 is 1.58 bits per heavy atom. The van der Waals surface area contributed by atoms with Crippen LogP contribution in [0, 0.1) is 0 Å². The molecule has 8 heteroatoms. The number of likely N-dealkylation sites (tertiary alicyclic amines) is 1. The van der Waals surface area contributed by atoms with Gasteiger partial charge in [0.1, 0.15) is 0 Å². The molecular formula is C11H21N5O2S. The Bertz CT molecular complexity index is 513. The normalized spacial score (nSPS) is 21.1. The average molecular weight is 287 g/mol. The van der Waals surface area contributed by atoms with E-state index in [0.29, 0.717) is 12.1 Å². The average Bonchev–Trinajstić information content (AvgIpc) is 2.95. The molecule has 1 atom stereocenters. The smallest absolute Gasteiger partial charge is 0.258 e. The minimum atomic E-state index is -3.52. The van der Waals surface area contributed by atoms with Crippen LogP contribution in [-0.2, 0) is 16.6 Å². The molecule has 0 bridgehead atoms. The second-order valence-electron chi connectivity index (χ2n) is 4.87. The Balaban J connectivity index is 2.08. The Morgan fingerprint density at radius 2 is 2.37 bits per heavy atom. The van der Waals surface area contributed by atoms with Crippen LogP contribution in [0.15, 0.2) is 11.2 Å². The summed E-state index contributed by atoms with van der Waals surface area (Å²) in [6, 6.07) is -0.0229. The van der Waals surface area contributed by atoms with E-state index in [1.165, 1.54) is 0 Å². The highest BCUT2D eigenvalue weighted by molar-refractivity contribution is 7.89. The molecular weight excluding hydrogens is 266 g/mol. The molecule has 0 radical (unpaired) electrons. The van der Waals surface area contributed by atoms with Crippen molar-refractivity contribution in [3.05, 3.63) is 11.8 Å². The van der Waals surface area contributed by atoms with Gasteiger partial charge in [0.15, 0.2) is 5.03 Å². The van der Waals surface area contributed by atoms with Crippen LogP contribution < -0.4 is 10.0 Å². The number of nitrogens with zero attached hydrogens (tertiary/aromatic N) is 2. The number of likely N-dealkylation sites (N-methyl/N-ethyl adjacent to an activating group) is 1. The summed E-state index contributed by atoms with van der Waals surface area (Å²) >= 11 is 0. The van der Waals surface area contributed by atoms with Gasteiger partial charge in [-0.2, -0.15) is 5.10 Å². The monoisotopic (exact) mass is 287 g/mol. The highest BCUT2D eigenvalue weighted by Crippen LogP contribution is 2.15. The molecule has 2 rings (SSSR count). The van der Waals surface area contributed by atoms with Gasteiger partial charge < -0.3 is 10.2 Å². The molecule has 7 nitrogen and oxygen atoms in total. The molecule has 0 saturated carbocycles. The Labute approximate surface area is 113 Å². The third kappa shape index (κ3) is 3.53. The van der Waals surface area contributed by atoms with Crippen LogP contribution >= 0.6 is 0 Å². The highest BCUT2D eigenvalue weighted by Gasteiger charge is 2.27. The first-order valence-electron chi connectivity index (χ1n) is 6.46. The van der Waals surface area contributed by atoms with E-state index in [9.17, 15) is 8.42 Å². The summed E-state index contributed by atoms with van der Waals surface area (Å²) in [5, 5.41) is 9.70. The second kappa shape index (κ2) is 6.00. The fourth-order valence-electron chi connectivity index (χ4n) is 2.23. The van der Waals surface area contributed by atoms with Crippen molar-refractivity contribution in [1.29, 1.82) is 0 Å². The van der Waals surface area contributed by atoms with Crippen molar-refractivity contribution in [2.24, 2.45) is 0 Å². The predicted octanol–water partition coefficient (Wildman–Crippen LogP) is -0.498. The molecule has 0 spiro atoms. The lowest BCUT2D eigenvalue weighted by atomic mass is 10.3. The van der Waals surface area contributed by atoms with Gasteiger partial charge in [0, 0.05) is 24.7 Å². The standard InChI is InChI=1S/C11H21N5O2S/c1-3-12-6-9-7-13-14-11(9)19(17,18)15-10-4-5-16(2)8-10/h7,10,12,15H,3-6,8H2,1-2H3,(H,13,14). The molecule has 1 aromatic rings. The zero-order chi connectivity index (χ0) is 13.9. The maximum atomic E-state index is 12.3. The van der Waals surface area contributed by atoms with Crippen LogP contribution in [0.25, 0.3) is 0 Å². The van der Waals surface area contributed by atoms with E-state index < -0.39 is 10.0 Å².